The predicted octanol–water partition coefficient (Wildman–Crippen LogP) is 6.60. The molecule has 0 radical (unpaired) electrons. The van der Waals surface area contributed by atoms with E-state index < -0.39 is 17.6 Å². The summed E-state index contributed by atoms with van der Waals surface area (Å²) in [6, 6.07) is 11.1. The maximum absolute atomic E-state index is 13.6. The van der Waals surface area contributed by atoms with Gasteiger partial charge in [-0.2, -0.15) is 13.2 Å². The van der Waals surface area contributed by atoms with Crippen molar-refractivity contribution in [2.24, 2.45) is 0 Å². The minimum atomic E-state index is -4.63. The van der Waals surface area contributed by atoms with Crippen LogP contribution in [0.2, 0.25) is 5.02 Å². The van der Waals surface area contributed by atoms with Gasteiger partial charge in [0.05, 0.1) is 27.4 Å². The molecule has 0 bridgehead atoms. The summed E-state index contributed by atoms with van der Waals surface area (Å²) in [7, 11) is 5.60. The minimum absolute atomic E-state index is 0.141. The molecular formula is C30H31ClF3N7O2. The number of hydrogen-bond donors (Lipinski definition) is 1. The number of pyridine rings is 1. The molecule has 0 atom stereocenters. The first kappa shape index (κ1) is 31.6. The van der Waals surface area contributed by atoms with Crippen LogP contribution in [0.1, 0.15) is 35.1 Å². The Balaban J connectivity index is 1.62. The molecule has 0 aliphatic carbocycles. The number of nitrogens with zero attached hydrogens (tertiary/aromatic N) is 6. The van der Waals surface area contributed by atoms with Crippen LogP contribution in [0.3, 0.4) is 0 Å². The Labute approximate surface area is 252 Å². The fourth-order valence-corrected chi connectivity index (χ4v) is 4.37. The van der Waals surface area contributed by atoms with Crippen LogP contribution >= 0.6 is 11.6 Å². The molecule has 4 aromatic rings. The molecule has 9 nitrogen and oxygen atoms in total. The number of aromatic nitrogens is 4. The monoisotopic (exact) mass is 613 g/mol. The summed E-state index contributed by atoms with van der Waals surface area (Å²) < 4.78 is 46.8. The Hall–Kier alpha value is -4.29. The van der Waals surface area contributed by atoms with E-state index in [1.165, 1.54) is 24.5 Å². The van der Waals surface area contributed by atoms with Gasteiger partial charge in [0.1, 0.15) is 17.9 Å². The molecule has 0 saturated heterocycles. The molecule has 0 saturated carbocycles. The van der Waals surface area contributed by atoms with Gasteiger partial charge < -0.3 is 19.9 Å². The quantitative estimate of drug-likeness (QED) is 0.202. The van der Waals surface area contributed by atoms with Gasteiger partial charge in [-0.25, -0.2) is 19.9 Å². The topological polar surface area (TPSA) is 96.4 Å². The summed E-state index contributed by atoms with van der Waals surface area (Å²) in [5.41, 5.74) is -0.0499. The van der Waals surface area contributed by atoms with Crippen LogP contribution in [0, 0.1) is 0 Å². The van der Waals surface area contributed by atoms with Crippen LogP contribution < -0.4 is 15.0 Å². The van der Waals surface area contributed by atoms with Crippen molar-refractivity contribution < 1.29 is 22.7 Å². The van der Waals surface area contributed by atoms with Gasteiger partial charge in [0.2, 0.25) is 5.88 Å². The molecule has 1 amide bonds. The highest BCUT2D eigenvalue weighted by Gasteiger charge is 2.32. The highest BCUT2D eigenvalue weighted by molar-refractivity contribution is 6.34. The molecule has 0 unspecified atom stereocenters. The van der Waals surface area contributed by atoms with E-state index in [4.69, 9.17) is 16.3 Å². The van der Waals surface area contributed by atoms with Gasteiger partial charge in [0.15, 0.2) is 5.82 Å². The Kier molecular flexibility index (Phi) is 10.1. The molecule has 0 aliphatic rings. The third-order valence-corrected chi connectivity index (χ3v) is 6.76. The molecule has 13 heteroatoms. The fourth-order valence-electron chi connectivity index (χ4n) is 4.21. The number of alkyl halides is 3. The van der Waals surface area contributed by atoms with Gasteiger partial charge in [-0.1, -0.05) is 18.5 Å². The molecule has 2 aromatic heterocycles. The lowest BCUT2D eigenvalue weighted by molar-refractivity contribution is -0.137. The molecule has 0 spiro atoms. The third kappa shape index (κ3) is 8.17. The van der Waals surface area contributed by atoms with Crippen LogP contribution in [0.15, 0.2) is 61.1 Å². The number of aryl methyl sites for hydroxylation is 1. The Morgan fingerprint density at radius 2 is 1.81 bits per heavy atom. The van der Waals surface area contributed by atoms with Gasteiger partial charge in [-0.05, 0) is 69.5 Å². The van der Waals surface area contributed by atoms with E-state index in [0.717, 1.165) is 25.1 Å². The summed E-state index contributed by atoms with van der Waals surface area (Å²) in [4.78, 5) is 34.3. The molecule has 226 valence electrons. The normalized spacial score (nSPS) is 11.5. The van der Waals surface area contributed by atoms with E-state index in [9.17, 15) is 18.0 Å². The average molecular weight is 614 g/mol. The zero-order valence-electron chi connectivity index (χ0n) is 24.1. The van der Waals surface area contributed by atoms with Crippen molar-refractivity contribution in [1.82, 2.24) is 24.8 Å². The van der Waals surface area contributed by atoms with Gasteiger partial charge >= 0.3 is 6.18 Å². The van der Waals surface area contributed by atoms with E-state index in [0.29, 0.717) is 35.9 Å². The third-order valence-electron chi connectivity index (χ3n) is 6.43. The summed E-state index contributed by atoms with van der Waals surface area (Å²) in [5, 5.41) is 2.82. The maximum atomic E-state index is 13.6. The SMILES string of the molecule is CCc1ncnc(-c2cccnc2Oc2ccc(Cl)c(NC(=O)c3cc(C(F)(F)F)ccc3N(C)CCCN(C)C)c2)n1. The van der Waals surface area contributed by atoms with E-state index in [1.54, 1.807) is 36.3 Å². The first-order chi connectivity index (χ1) is 20.5. The van der Waals surface area contributed by atoms with Crippen LogP contribution in [0.4, 0.5) is 24.5 Å². The Bertz CT molecular complexity index is 1580. The van der Waals surface area contributed by atoms with Crippen molar-refractivity contribution in [3.63, 3.8) is 0 Å². The smallest absolute Gasteiger partial charge is 0.416 e. The largest absolute Gasteiger partial charge is 0.438 e. The van der Waals surface area contributed by atoms with E-state index in [1.807, 2.05) is 25.9 Å². The van der Waals surface area contributed by atoms with Crippen molar-refractivity contribution >= 4 is 28.9 Å². The van der Waals surface area contributed by atoms with Crippen LogP contribution in [0.25, 0.3) is 11.4 Å². The van der Waals surface area contributed by atoms with E-state index >= 15 is 0 Å². The van der Waals surface area contributed by atoms with Crippen LogP contribution in [0.5, 0.6) is 11.6 Å². The van der Waals surface area contributed by atoms with Crippen molar-refractivity contribution in [2.75, 3.05) is 44.4 Å². The van der Waals surface area contributed by atoms with E-state index in [-0.39, 0.29) is 27.9 Å². The number of amides is 1. The summed E-state index contributed by atoms with van der Waals surface area (Å²) in [6.45, 7) is 3.23. The second kappa shape index (κ2) is 13.8. The number of carbonyl (C=O) groups excluding carboxylic acids is 1. The zero-order chi connectivity index (χ0) is 31.1. The first-order valence-electron chi connectivity index (χ1n) is 13.5. The number of benzene rings is 2. The second-order valence-corrected chi connectivity index (χ2v) is 10.3. The van der Waals surface area contributed by atoms with Crippen molar-refractivity contribution in [3.8, 4) is 23.0 Å². The highest BCUT2D eigenvalue weighted by atomic mass is 35.5. The first-order valence-corrected chi connectivity index (χ1v) is 13.8. The Morgan fingerprint density at radius 1 is 1.02 bits per heavy atom. The summed E-state index contributed by atoms with van der Waals surface area (Å²) in [5.74, 6) is 0.706. The van der Waals surface area contributed by atoms with Gasteiger partial charge in [0.25, 0.3) is 5.91 Å². The highest BCUT2D eigenvalue weighted by Crippen LogP contribution is 2.35. The number of ether oxygens (including phenoxy) is 1. The van der Waals surface area contributed by atoms with Gasteiger partial charge in [0, 0.05) is 38.0 Å². The molecule has 1 N–H and O–H groups in total. The van der Waals surface area contributed by atoms with Gasteiger partial charge in [-0.3, -0.25) is 4.79 Å². The number of anilines is 2. The maximum Gasteiger partial charge on any atom is 0.416 e. The number of halogens is 4. The van der Waals surface area contributed by atoms with Crippen LogP contribution in [-0.4, -0.2) is 65.0 Å². The number of nitrogens with one attached hydrogen (secondary N) is 1. The number of carbonyl (C=O) groups is 1. The molecule has 43 heavy (non-hydrogen) atoms. The molecule has 0 aliphatic heterocycles. The standard InChI is InChI=1S/C30H31ClF3N7O2/c1-5-26-36-18-37-27(39-26)21-8-6-13-35-29(21)43-20-10-11-23(31)24(17-20)38-28(42)22-16-19(30(32,33)34)9-12-25(22)41(4)15-7-14-40(2)3/h6,8-13,16-18H,5,7,14-15H2,1-4H3,(H,38,42). The lowest BCUT2D eigenvalue weighted by Crippen LogP contribution is -2.26. The van der Waals surface area contributed by atoms with E-state index in [2.05, 4.69) is 25.3 Å². The molecule has 2 heterocycles. The molecule has 0 fully saturated rings. The molecular weight excluding hydrogens is 583 g/mol. The Morgan fingerprint density at radius 3 is 2.53 bits per heavy atom. The fraction of sp³-hybridized carbons (Fsp3) is 0.300. The lowest BCUT2D eigenvalue weighted by Gasteiger charge is -2.24. The molecule has 4 rings (SSSR count). The zero-order valence-corrected chi connectivity index (χ0v) is 24.9. The molecule has 2 aromatic carbocycles. The average Bonchev–Trinajstić information content (AvgIpc) is 2.98. The predicted molar refractivity (Wildman–Crippen MR) is 160 cm³/mol. The van der Waals surface area contributed by atoms with Crippen molar-refractivity contribution in [1.29, 1.82) is 0 Å². The number of hydrogen-bond acceptors (Lipinski definition) is 8. The van der Waals surface area contributed by atoms with Crippen molar-refractivity contribution in [3.05, 3.63) is 83.0 Å². The lowest BCUT2D eigenvalue weighted by atomic mass is 10.1. The minimum Gasteiger partial charge on any atom is -0.438 e. The van der Waals surface area contributed by atoms with Crippen molar-refractivity contribution in [2.45, 2.75) is 25.9 Å². The number of rotatable bonds is 11. The summed E-state index contributed by atoms with van der Waals surface area (Å²) >= 11 is 6.39. The van der Waals surface area contributed by atoms with Gasteiger partial charge in [-0.15, -0.1) is 0 Å². The van der Waals surface area contributed by atoms with Crippen LogP contribution in [-0.2, 0) is 12.6 Å². The summed E-state index contributed by atoms with van der Waals surface area (Å²) in [6.07, 6.45) is -0.305. The second-order valence-electron chi connectivity index (χ2n) is 9.94.